The molecule has 1 aliphatic rings. The smallest absolute Gasteiger partial charge is 0.391 e. The molecule has 0 radical (unpaired) electrons. The Kier molecular flexibility index (Phi) is 5.69. The Labute approximate surface area is 99.3 Å². The Balaban J connectivity index is 2.31. The van der Waals surface area contributed by atoms with Crippen LogP contribution in [0.15, 0.2) is 0 Å². The highest BCUT2D eigenvalue weighted by atomic mass is 19.4. The number of hydrogen-bond donors (Lipinski definition) is 2. The topological polar surface area (TPSA) is 41.5 Å². The first-order valence-corrected chi connectivity index (χ1v) is 5.90. The normalized spacial score (nSPS) is 28.1. The van der Waals surface area contributed by atoms with Gasteiger partial charge in [-0.25, -0.2) is 0 Å². The van der Waals surface area contributed by atoms with Crippen molar-refractivity contribution in [1.82, 2.24) is 5.32 Å². The summed E-state index contributed by atoms with van der Waals surface area (Å²) in [5.74, 6) is -1.16. The maximum absolute atomic E-state index is 12.4. The molecular formula is C11H20F3NO2. The first-order valence-electron chi connectivity index (χ1n) is 5.90. The van der Waals surface area contributed by atoms with Gasteiger partial charge in [0.1, 0.15) is 0 Å². The minimum absolute atomic E-state index is 0.0564. The van der Waals surface area contributed by atoms with Crippen LogP contribution in [0.4, 0.5) is 13.2 Å². The highest BCUT2D eigenvalue weighted by molar-refractivity contribution is 4.82. The highest BCUT2D eigenvalue weighted by Gasteiger charge is 2.41. The quantitative estimate of drug-likeness (QED) is 0.785. The predicted octanol–water partition coefficient (Wildman–Crippen LogP) is 1.70. The van der Waals surface area contributed by atoms with E-state index in [0.717, 1.165) is 0 Å². The van der Waals surface area contributed by atoms with Crippen molar-refractivity contribution in [2.75, 3.05) is 20.3 Å². The van der Waals surface area contributed by atoms with E-state index < -0.39 is 12.1 Å². The Hall–Kier alpha value is -0.330. The second kappa shape index (κ2) is 6.56. The lowest BCUT2D eigenvalue weighted by molar-refractivity contribution is -0.182. The van der Waals surface area contributed by atoms with Crippen molar-refractivity contribution >= 4 is 0 Å². The minimum atomic E-state index is -4.06. The molecule has 6 heteroatoms. The average Bonchev–Trinajstić information content (AvgIpc) is 2.28. The highest BCUT2D eigenvalue weighted by Crippen LogP contribution is 2.37. The number of ether oxygens (including phenoxy) is 1. The van der Waals surface area contributed by atoms with Gasteiger partial charge in [0.05, 0.1) is 25.2 Å². The Morgan fingerprint density at radius 1 is 1.29 bits per heavy atom. The van der Waals surface area contributed by atoms with E-state index in [1.54, 1.807) is 0 Å². The molecule has 0 aromatic carbocycles. The van der Waals surface area contributed by atoms with E-state index >= 15 is 0 Å². The molecule has 2 N–H and O–H groups in total. The molecule has 1 fully saturated rings. The van der Waals surface area contributed by atoms with Gasteiger partial charge in [-0.05, 0) is 25.7 Å². The van der Waals surface area contributed by atoms with E-state index in [-0.39, 0.29) is 31.5 Å². The summed E-state index contributed by atoms with van der Waals surface area (Å²) in [6, 6.07) is -0.131. The van der Waals surface area contributed by atoms with Crippen molar-refractivity contribution in [2.24, 2.45) is 5.92 Å². The van der Waals surface area contributed by atoms with Crippen LogP contribution in [0.1, 0.15) is 25.7 Å². The Morgan fingerprint density at radius 3 is 2.29 bits per heavy atom. The van der Waals surface area contributed by atoms with Crippen LogP contribution in [0.3, 0.4) is 0 Å². The molecule has 0 aliphatic heterocycles. The molecule has 1 saturated carbocycles. The maximum Gasteiger partial charge on any atom is 0.391 e. The number of halogens is 3. The van der Waals surface area contributed by atoms with Crippen molar-refractivity contribution in [3.8, 4) is 0 Å². The lowest BCUT2D eigenvalue weighted by Gasteiger charge is -2.32. The number of rotatable bonds is 5. The second-order valence-electron chi connectivity index (χ2n) is 4.59. The molecule has 102 valence electrons. The van der Waals surface area contributed by atoms with Gasteiger partial charge in [0.15, 0.2) is 0 Å². The molecule has 3 nitrogen and oxygen atoms in total. The predicted molar refractivity (Wildman–Crippen MR) is 57.7 cm³/mol. The number of nitrogens with one attached hydrogen (secondary N) is 1. The van der Waals surface area contributed by atoms with Crippen LogP contribution < -0.4 is 5.32 Å². The maximum atomic E-state index is 12.4. The summed E-state index contributed by atoms with van der Waals surface area (Å²) < 4.78 is 42.2. The molecule has 0 spiro atoms. The number of alkyl halides is 3. The molecule has 1 rings (SSSR count). The fraction of sp³-hybridized carbons (Fsp3) is 1.00. The summed E-state index contributed by atoms with van der Waals surface area (Å²) in [4.78, 5) is 0. The van der Waals surface area contributed by atoms with Crippen molar-refractivity contribution in [3.63, 3.8) is 0 Å². The summed E-state index contributed by atoms with van der Waals surface area (Å²) in [6.45, 7) is 0.308. The van der Waals surface area contributed by atoms with Crippen LogP contribution >= 0.6 is 0 Å². The van der Waals surface area contributed by atoms with E-state index in [4.69, 9.17) is 9.84 Å². The third kappa shape index (κ3) is 4.81. The number of aliphatic hydroxyl groups excluding tert-OH is 1. The largest absolute Gasteiger partial charge is 0.395 e. The van der Waals surface area contributed by atoms with Crippen molar-refractivity contribution in [3.05, 3.63) is 0 Å². The van der Waals surface area contributed by atoms with Gasteiger partial charge in [0.25, 0.3) is 0 Å². The van der Waals surface area contributed by atoms with E-state index in [1.807, 2.05) is 0 Å². The first kappa shape index (κ1) is 14.7. The van der Waals surface area contributed by atoms with Crippen molar-refractivity contribution < 1.29 is 23.0 Å². The molecule has 17 heavy (non-hydrogen) atoms. The van der Waals surface area contributed by atoms with Crippen LogP contribution in [-0.4, -0.2) is 43.7 Å². The molecule has 0 aromatic heterocycles. The first-order chi connectivity index (χ1) is 7.97. The van der Waals surface area contributed by atoms with E-state index in [9.17, 15) is 13.2 Å². The SMILES string of the molecule is COCC(CO)NC1CCC(C(F)(F)F)CC1. The molecular weight excluding hydrogens is 235 g/mol. The van der Waals surface area contributed by atoms with Crippen LogP contribution in [0.25, 0.3) is 0 Å². The van der Waals surface area contributed by atoms with Gasteiger partial charge < -0.3 is 15.2 Å². The summed E-state index contributed by atoms with van der Waals surface area (Å²) in [5.41, 5.74) is 0. The molecule has 0 bridgehead atoms. The summed E-state index contributed by atoms with van der Waals surface area (Å²) in [7, 11) is 1.53. The zero-order valence-corrected chi connectivity index (χ0v) is 9.96. The Morgan fingerprint density at radius 2 is 1.88 bits per heavy atom. The standard InChI is InChI=1S/C11H20F3NO2/c1-17-7-10(6-16)15-9-4-2-8(3-5-9)11(12,13)14/h8-10,15-16H,2-7H2,1H3. The number of hydrogen-bond acceptors (Lipinski definition) is 3. The molecule has 1 unspecified atom stereocenters. The lowest BCUT2D eigenvalue weighted by Crippen LogP contribution is -2.45. The third-order valence-corrected chi connectivity index (χ3v) is 3.25. The van der Waals surface area contributed by atoms with E-state index in [0.29, 0.717) is 19.4 Å². The second-order valence-corrected chi connectivity index (χ2v) is 4.59. The van der Waals surface area contributed by atoms with E-state index in [1.165, 1.54) is 7.11 Å². The minimum Gasteiger partial charge on any atom is -0.395 e. The monoisotopic (exact) mass is 255 g/mol. The molecule has 1 aliphatic carbocycles. The fourth-order valence-electron chi connectivity index (χ4n) is 2.28. The summed E-state index contributed by atoms with van der Waals surface area (Å²) in [6.07, 6.45) is -2.71. The van der Waals surface area contributed by atoms with E-state index in [2.05, 4.69) is 5.32 Å². The molecule has 0 saturated heterocycles. The molecule has 0 amide bonds. The van der Waals surface area contributed by atoms with Gasteiger partial charge in [0, 0.05) is 13.2 Å². The van der Waals surface area contributed by atoms with Gasteiger partial charge in [-0.15, -0.1) is 0 Å². The average molecular weight is 255 g/mol. The van der Waals surface area contributed by atoms with Gasteiger partial charge in [-0.2, -0.15) is 13.2 Å². The van der Waals surface area contributed by atoms with Crippen LogP contribution in [0, 0.1) is 5.92 Å². The van der Waals surface area contributed by atoms with Crippen molar-refractivity contribution in [2.45, 2.75) is 43.9 Å². The Bertz CT molecular complexity index is 215. The zero-order valence-electron chi connectivity index (χ0n) is 9.96. The number of methoxy groups -OCH3 is 1. The molecule has 0 aromatic rings. The van der Waals surface area contributed by atoms with Crippen molar-refractivity contribution in [1.29, 1.82) is 0 Å². The lowest BCUT2D eigenvalue weighted by atomic mass is 9.85. The van der Waals surface area contributed by atoms with Crippen LogP contribution in [0.2, 0.25) is 0 Å². The molecule has 1 atom stereocenters. The third-order valence-electron chi connectivity index (χ3n) is 3.25. The fourth-order valence-corrected chi connectivity index (χ4v) is 2.28. The van der Waals surface area contributed by atoms with Gasteiger partial charge in [0.2, 0.25) is 0 Å². The van der Waals surface area contributed by atoms with Crippen LogP contribution in [0.5, 0.6) is 0 Å². The zero-order chi connectivity index (χ0) is 12.9. The van der Waals surface area contributed by atoms with Gasteiger partial charge in [-0.3, -0.25) is 0 Å². The summed E-state index contributed by atoms with van der Waals surface area (Å²) >= 11 is 0. The molecule has 0 heterocycles. The number of aliphatic hydroxyl groups is 1. The van der Waals surface area contributed by atoms with Crippen LogP contribution in [-0.2, 0) is 4.74 Å². The van der Waals surface area contributed by atoms with Gasteiger partial charge >= 0.3 is 6.18 Å². The van der Waals surface area contributed by atoms with Gasteiger partial charge in [-0.1, -0.05) is 0 Å². The summed E-state index contributed by atoms with van der Waals surface area (Å²) in [5, 5.41) is 12.2.